The number of aryl methyl sites for hydroxylation is 1. The summed E-state index contributed by atoms with van der Waals surface area (Å²) >= 11 is 2.68. The van der Waals surface area contributed by atoms with Crippen LogP contribution in [0.4, 0.5) is 11.6 Å². The summed E-state index contributed by atoms with van der Waals surface area (Å²) in [5.41, 5.74) is 15.7. The molecule has 5 N–H and O–H groups in total. The molecule has 0 bridgehead atoms. The number of hydrogen-bond donors (Lipinski definition) is 3. The Morgan fingerprint density at radius 2 is 2.00 bits per heavy atom. The van der Waals surface area contributed by atoms with Crippen LogP contribution in [0.5, 0.6) is 0 Å². The van der Waals surface area contributed by atoms with E-state index in [1.165, 1.54) is 11.9 Å². The van der Waals surface area contributed by atoms with Crippen molar-refractivity contribution >= 4 is 43.3 Å². The third-order valence-electron chi connectivity index (χ3n) is 3.73. The van der Waals surface area contributed by atoms with Crippen LogP contribution in [0, 0.1) is 12.3 Å². The molecule has 0 aliphatic rings. The second-order valence-electron chi connectivity index (χ2n) is 5.06. The summed E-state index contributed by atoms with van der Waals surface area (Å²) in [6.07, 6.45) is 1.41. The molecule has 3 rings (SSSR count). The van der Waals surface area contributed by atoms with Crippen molar-refractivity contribution in [2.45, 2.75) is 13.5 Å². The van der Waals surface area contributed by atoms with E-state index in [-0.39, 0.29) is 4.61 Å². The van der Waals surface area contributed by atoms with E-state index in [0.717, 1.165) is 5.56 Å². The molecular weight excluding hydrogens is 343 g/mol. The molecule has 6 nitrogen and oxygen atoms in total. The summed E-state index contributed by atoms with van der Waals surface area (Å²) in [6, 6.07) is 8.09. The molecular formula is C15H15N6Se. The van der Waals surface area contributed by atoms with Gasteiger partial charge < -0.3 is 0 Å². The molecule has 1 radical (unpaired) electrons. The van der Waals surface area contributed by atoms with Gasteiger partial charge in [-0.3, -0.25) is 0 Å². The second kappa shape index (κ2) is 5.44. The van der Waals surface area contributed by atoms with Gasteiger partial charge in [-0.1, -0.05) is 0 Å². The number of nitrogen functional groups attached to an aromatic ring is 2. The van der Waals surface area contributed by atoms with Gasteiger partial charge in [-0.2, -0.15) is 0 Å². The van der Waals surface area contributed by atoms with Crippen molar-refractivity contribution in [2.24, 2.45) is 0 Å². The van der Waals surface area contributed by atoms with Crippen LogP contribution in [0.15, 0.2) is 30.6 Å². The Hall–Kier alpha value is -2.37. The Kier molecular flexibility index (Phi) is 3.60. The van der Waals surface area contributed by atoms with Crippen molar-refractivity contribution < 1.29 is 0 Å². The SMILES string of the molecule is Cc1ccccc1Cn1c(N)c(C(=N)[Se])c2c(N)ncnc21. The van der Waals surface area contributed by atoms with Crippen LogP contribution in [0.25, 0.3) is 11.0 Å². The average Bonchev–Trinajstić information content (AvgIpc) is 2.76. The van der Waals surface area contributed by atoms with E-state index in [2.05, 4.69) is 39.0 Å². The number of anilines is 2. The predicted molar refractivity (Wildman–Crippen MR) is 89.2 cm³/mol. The number of benzene rings is 1. The molecule has 0 aliphatic carbocycles. The third-order valence-corrected chi connectivity index (χ3v) is 4.15. The Morgan fingerprint density at radius 1 is 1.27 bits per heavy atom. The molecule has 0 fully saturated rings. The predicted octanol–water partition coefficient (Wildman–Crippen LogP) is 1.45. The Morgan fingerprint density at radius 3 is 2.68 bits per heavy atom. The molecule has 0 saturated carbocycles. The topological polar surface area (TPSA) is 107 Å². The van der Waals surface area contributed by atoms with Gasteiger partial charge in [0.25, 0.3) is 0 Å². The van der Waals surface area contributed by atoms with Crippen LogP contribution in [-0.2, 0) is 6.54 Å². The van der Waals surface area contributed by atoms with Gasteiger partial charge in [-0.15, -0.1) is 0 Å². The van der Waals surface area contributed by atoms with Crippen molar-refractivity contribution in [3.63, 3.8) is 0 Å². The van der Waals surface area contributed by atoms with Gasteiger partial charge in [-0.05, 0) is 0 Å². The van der Waals surface area contributed by atoms with Gasteiger partial charge in [0.2, 0.25) is 0 Å². The monoisotopic (exact) mass is 359 g/mol. The van der Waals surface area contributed by atoms with E-state index >= 15 is 0 Å². The number of rotatable bonds is 3. The van der Waals surface area contributed by atoms with Crippen LogP contribution in [-0.4, -0.2) is 35.2 Å². The fraction of sp³-hybridized carbons (Fsp3) is 0.133. The average molecular weight is 358 g/mol. The van der Waals surface area contributed by atoms with Crippen LogP contribution >= 0.6 is 0 Å². The van der Waals surface area contributed by atoms with Gasteiger partial charge in [0, 0.05) is 0 Å². The summed E-state index contributed by atoms with van der Waals surface area (Å²) in [4.78, 5) is 8.33. The molecule has 22 heavy (non-hydrogen) atoms. The van der Waals surface area contributed by atoms with E-state index in [9.17, 15) is 0 Å². The number of fused-ring (bicyclic) bond motifs is 1. The van der Waals surface area contributed by atoms with Crippen molar-refractivity contribution in [1.82, 2.24) is 14.5 Å². The molecule has 1 aromatic carbocycles. The number of nitrogens with one attached hydrogen (secondary N) is 1. The van der Waals surface area contributed by atoms with E-state index < -0.39 is 0 Å². The summed E-state index contributed by atoms with van der Waals surface area (Å²) in [6.45, 7) is 2.62. The Labute approximate surface area is 135 Å². The van der Waals surface area contributed by atoms with Crippen molar-refractivity contribution in [3.8, 4) is 0 Å². The minimum atomic E-state index is 0.229. The number of aromatic nitrogens is 3. The minimum absolute atomic E-state index is 0.229. The molecule has 3 aromatic rings. The van der Waals surface area contributed by atoms with Crippen molar-refractivity contribution in [3.05, 3.63) is 47.3 Å². The van der Waals surface area contributed by atoms with Crippen LogP contribution < -0.4 is 11.5 Å². The van der Waals surface area contributed by atoms with Gasteiger partial charge in [-0.25, -0.2) is 0 Å². The summed E-state index contributed by atoms with van der Waals surface area (Å²) in [5.74, 6) is 0.796. The summed E-state index contributed by atoms with van der Waals surface area (Å²) in [5, 5.41) is 8.55. The first-order valence-electron chi connectivity index (χ1n) is 6.69. The van der Waals surface area contributed by atoms with Crippen LogP contribution in [0.3, 0.4) is 0 Å². The molecule has 0 spiro atoms. The first-order chi connectivity index (χ1) is 10.5. The maximum absolute atomic E-state index is 7.93. The Bertz CT molecular complexity index is 883. The van der Waals surface area contributed by atoms with Crippen molar-refractivity contribution in [1.29, 1.82) is 5.41 Å². The molecule has 2 heterocycles. The third kappa shape index (κ3) is 2.24. The first kappa shape index (κ1) is 14.6. The molecule has 7 heteroatoms. The standard InChI is InChI=1S/C15H15N6Se/c1-8-4-2-3-5-9(8)6-21-13(17)11(14(18)22)10-12(16)19-7-20-15(10)21/h2-5,7,18H,6,17H2,1H3,(H2,16,19,20). The maximum atomic E-state index is 7.93. The van der Waals surface area contributed by atoms with Gasteiger partial charge in [0.05, 0.1) is 0 Å². The molecule has 111 valence electrons. The normalized spacial score (nSPS) is 11.0. The molecule has 0 atom stereocenters. The van der Waals surface area contributed by atoms with E-state index in [4.69, 9.17) is 16.9 Å². The second-order valence-corrected chi connectivity index (χ2v) is 5.92. The molecule has 0 aliphatic heterocycles. The fourth-order valence-corrected chi connectivity index (χ4v) is 2.99. The zero-order valence-corrected chi connectivity index (χ0v) is 13.7. The molecule has 0 saturated heterocycles. The van der Waals surface area contributed by atoms with E-state index in [0.29, 0.717) is 34.8 Å². The number of nitrogens with zero attached hydrogens (tertiary/aromatic N) is 3. The van der Waals surface area contributed by atoms with Gasteiger partial charge >= 0.3 is 135 Å². The van der Waals surface area contributed by atoms with Gasteiger partial charge in [0.1, 0.15) is 0 Å². The molecule has 0 amide bonds. The number of hydrogen-bond acceptors (Lipinski definition) is 5. The van der Waals surface area contributed by atoms with Gasteiger partial charge in [0.15, 0.2) is 0 Å². The van der Waals surface area contributed by atoms with Crippen molar-refractivity contribution in [2.75, 3.05) is 11.5 Å². The zero-order valence-electron chi connectivity index (χ0n) is 12.0. The van der Waals surface area contributed by atoms with Crippen LogP contribution in [0.1, 0.15) is 16.7 Å². The number of nitrogens with two attached hydrogens (primary N) is 2. The quantitative estimate of drug-likeness (QED) is 0.487. The molecule has 2 aromatic heterocycles. The van der Waals surface area contributed by atoms with E-state index in [1.807, 2.05) is 22.8 Å². The molecule has 0 unspecified atom stereocenters. The first-order valence-corrected chi connectivity index (χ1v) is 7.55. The Balaban J connectivity index is 2.27. The van der Waals surface area contributed by atoms with E-state index in [1.54, 1.807) is 0 Å². The van der Waals surface area contributed by atoms with Crippen LogP contribution in [0.2, 0.25) is 0 Å². The summed E-state index contributed by atoms with van der Waals surface area (Å²) < 4.78 is 2.10. The fourth-order valence-electron chi connectivity index (χ4n) is 2.56. The zero-order chi connectivity index (χ0) is 15.9. The summed E-state index contributed by atoms with van der Waals surface area (Å²) in [7, 11) is 0.